The number of hydrogen-bond acceptors (Lipinski definition) is 7. The van der Waals surface area contributed by atoms with Gasteiger partial charge in [0.15, 0.2) is 0 Å². The smallest absolute Gasteiger partial charge is 0.326 e. The maximum absolute atomic E-state index is 13.8. The molecule has 44 heavy (non-hydrogen) atoms. The Kier molecular flexibility index (Phi) is 11.0. The number of carboxylic acid groups (broad SMARTS) is 1. The van der Waals surface area contributed by atoms with E-state index in [2.05, 4.69) is 30.6 Å². The van der Waals surface area contributed by atoms with Crippen LogP contribution in [0.3, 0.4) is 0 Å². The summed E-state index contributed by atoms with van der Waals surface area (Å²) in [6.45, 7) is 0. The predicted octanol–water partition coefficient (Wildman–Crippen LogP) is 0.612. The molecule has 0 aliphatic rings. The van der Waals surface area contributed by atoms with Crippen molar-refractivity contribution in [3.63, 3.8) is 0 Å². The van der Waals surface area contributed by atoms with Crippen molar-refractivity contribution >= 4 is 23.7 Å². The fourth-order valence-corrected chi connectivity index (χ4v) is 4.78. The first-order valence-corrected chi connectivity index (χ1v) is 14.1. The summed E-state index contributed by atoms with van der Waals surface area (Å²) in [5.74, 6) is -3.00. The first kappa shape index (κ1) is 31.6. The van der Waals surface area contributed by atoms with Crippen molar-refractivity contribution in [2.75, 3.05) is 7.05 Å². The molecule has 4 atom stereocenters. The number of carbonyl (C=O) groups excluding carboxylic acids is 3. The van der Waals surface area contributed by atoms with Crippen molar-refractivity contribution in [2.24, 2.45) is 5.73 Å². The molecule has 13 heteroatoms. The topological polar surface area (TPSA) is 199 Å². The summed E-state index contributed by atoms with van der Waals surface area (Å²) in [6.07, 6.45) is 6.29. The minimum Gasteiger partial charge on any atom is -0.480 e. The SMILES string of the molecule is CN(C(=O)[C@H](Cc1ccccc1)NC(=O)[C@H](Cc1cnc[nH]1)NC(=O)[C@@H](N)Cc1ccccc1)[C@@H](Cc1cnc[nH]1)C(=O)O. The highest BCUT2D eigenvalue weighted by Crippen LogP contribution is 2.12. The number of carboxylic acids is 1. The number of carbonyl (C=O) groups is 4. The predicted molar refractivity (Wildman–Crippen MR) is 161 cm³/mol. The van der Waals surface area contributed by atoms with Crippen molar-refractivity contribution in [3.05, 3.63) is 108 Å². The van der Waals surface area contributed by atoms with Gasteiger partial charge in [0, 0.05) is 50.1 Å². The monoisotopic (exact) mass is 600 g/mol. The molecule has 0 saturated carbocycles. The molecule has 230 valence electrons. The molecule has 2 heterocycles. The van der Waals surface area contributed by atoms with Crippen LogP contribution in [-0.4, -0.2) is 84.8 Å². The number of benzene rings is 2. The van der Waals surface area contributed by atoms with Crippen molar-refractivity contribution in [1.82, 2.24) is 35.5 Å². The number of likely N-dealkylation sites (N-methyl/N-ethyl adjacent to an activating group) is 1. The number of nitrogens with two attached hydrogens (primary N) is 1. The minimum absolute atomic E-state index is 0.0125. The molecule has 0 spiro atoms. The lowest BCUT2D eigenvalue weighted by molar-refractivity contribution is -0.150. The van der Waals surface area contributed by atoms with Crippen LogP contribution in [0.2, 0.25) is 0 Å². The van der Waals surface area contributed by atoms with E-state index in [1.54, 1.807) is 24.3 Å². The van der Waals surface area contributed by atoms with Crippen LogP contribution in [0.25, 0.3) is 0 Å². The highest BCUT2D eigenvalue weighted by Gasteiger charge is 2.34. The Labute approximate surface area is 254 Å². The molecule has 13 nitrogen and oxygen atoms in total. The van der Waals surface area contributed by atoms with E-state index >= 15 is 0 Å². The lowest BCUT2D eigenvalue weighted by Crippen LogP contribution is -2.58. The van der Waals surface area contributed by atoms with Gasteiger partial charge in [-0.2, -0.15) is 0 Å². The zero-order valence-electron chi connectivity index (χ0n) is 24.2. The molecular weight excluding hydrogens is 564 g/mol. The summed E-state index contributed by atoms with van der Waals surface area (Å²) in [4.78, 5) is 67.7. The second-order valence-corrected chi connectivity index (χ2v) is 10.5. The van der Waals surface area contributed by atoms with Gasteiger partial charge in [-0.25, -0.2) is 14.8 Å². The van der Waals surface area contributed by atoms with Crippen molar-refractivity contribution in [2.45, 2.75) is 49.9 Å². The molecule has 0 aliphatic carbocycles. The van der Waals surface area contributed by atoms with Gasteiger partial charge in [0.25, 0.3) is 0 Å². The fraction of sp³-hybridized carbons (Fsp3) is 0.290. The van der Waals surface area contributed by atoms with Gasteiger partial charge < -0.3 is 36.3 Å². The van der Waals surface area contributed by atoms with Crippen LogP contribution < -0.4 is 16.4 Å². The van der Waals surface area contributed by atoms with Crippen molar-refractivity contribution in [3.8, 4) is 0 Å². The average Bonchev–Trinajstić information content (AvgIpc) is 3.74. The van der Waals surface area contributed by atoms with E-state index in [1.807, 2.05) is 36.4 Å². The number of aromatic amines is 2. The maximum atomic E-state index is 13.8. The molecule has 0 fully saturated rings. The fourth-order valence-electron chi connectivity index (χ4n) is 4.78. The quantitative estimate of drug-likeness (QED) is 0.114. The molecule has 7 N–H and O–H groups in total. The number of H-pyrrole nitrogens is 2. The Balaban J connectivity index is 1.55. The number of imidazole rings is 2. The Hall–Kier alpha value is -5.30. The number of aliphatic carboxylic acids is 1. The number of nitrogens with one attached hydrogen (secondary N) is 4. The van der Waals surface area contributed by atoms with Crippen LogP contribution in [0.1, 0.15) is 22.5 Å². The Morgan fingerprint density at radius 3 is 1.82 bits per heavy atom. The minimum atomic E-state index is -1.23. The normalized spacial score (nSPS) is 13.7. The zero-order valence-corrected chi connectivity index (χ0v) is 24.2. The Morgan fingerprint density at radius 2 is 1.30 bits per heavy atom. The summed E-state index contributed by atoms with van der Waals surface area (Å²) in [5, 5.41) is 15.5. The largest absolute Gasteiger partial charge is 0.480 e. The number of amides is 3. The van der Waals surface area contributed by atoms with Gasteiger partial charge in [0.1, 0.15) is 18.1 Å². The van der Waals surface area contributed by atoms with E-state index in [1.165, 1.54) is 32.1 Å². The van der Waals surface area contributed by atoms with E-state index in [0.717, 1.165) is 16.0 Å². The third kappa shape index (κ3) is 8.85. The number of rotatable bonds is 15. The average molecular weight is 601 g/mol. The van der Waals surface area contributed by atoms with E-state index in [9.17, 15) is 24.3 Å². The molecule has 4 rings (SSSR count). The van der Waals surface area contributed by atoms with E-state index in [-0.39, 0.29) is 25.7 Å². The lowest BCUT2D eigenvalue weighted by atomic mass is 10.0. The number of aromatic nitrogens is 4. The van der Waals surface area contributed by atoms with Crippen LogP contribution in [0.5, 0.6) is 0 Å². The summed E-state index contributed by atoms with van der Waals surface area (Å²) in [6, 6.07) is 13.9. The van der Waals surface area contributed by atoms with Crippen LogP contribution in [0.4, 0.5) is 0 Å². The highest BCUT2D eigenvalue weighted by molar-refractivity contribution is 5.94. The first-order valence-electron chi connectivity index (χ1n) is 14.1. The summed E-state index contributed by atoms with van der Waals surface area (Å²) in [7, 11) is 1.38. The van der Waals surface area contributed by atoms with Gasteiger partial charge in [-0.1, -0.05) is 60.7 Å². The van der Waals surface area contributed by atoms with Crippen LogP contribution in [-0.2, 0) is 44.9 Å². The zero-order chi connectivity index (χ0) is 31.5. The second-order valence-electron chi connectivity index (χ2n) is 10.5. The molecule has 2 aromatic heterocycles. The van der Waals surface area contributed by atoms with Crippen molar-refractivity contribution < 1.29 is 24.3 Å². The molecule has 0 bridgehead atoms. The van der Waals surface area contributed by atoms with Gasteiger partial charge in [-0.3, -0.25) is 14.4 Å². The van der Waals surface area contributed by atoms with E-state index in [0.29, 0.717) is 11.4 Å². The van der Waals surface area contributed by atoms with E-state index < -0.39 is 47.9 Å². The highest BCUT2D eigenvalue weighted by atomic mass is 16.4. The molecule has 4 aromatic rings. The number of hydrogen-bond donors (Lipinski definition) is 6. The molecule has 3 amide bonds. The van der Waals surface area contributed by atoms with Crippen LogP contribution in [0, 0.1) is 0 Å². The van der Waals surface area contributed by atoms with Crippen molar-refractivity contribution in [1.29, 1.82) is 0 Å². The molecule has 0 radical (unpaired) electrons. The molecule has 2 aromatic carbocycles. The third-order valence-electron chi connectivity index (χ3n) is 7.21. The van der Waals surface area contributed by atoms with Gasteiger partial charge in [0.05, 0.1) is 18.7 Å². The lowest BCUT2D eigenvalue weighted by Gasteiger charge is -2.30. The molecule has 0 unspecified atom stereocenters. The van der Waals surface area contributed by atoms with E-state index in [4.69, 9.17) is 5.73 Å². The van der Waals surface area contributed by atoms with Gasteiger partial charge in [-0.15, -0.1) is 0 Å². The van der Waals surface area contributed by atoms with Gasteiger partial charge >= 0.3 is 5.97 Å². The maximum Gasteiger partial charge on any atom is 0.326 e. The first-order chi connectivity index (χ1) is 21.2. The van der Waals surface area contributed by atoms with Gasteiger partial charge in [0.2, 0.25) is 17.7 Å². The third-order valence-corrected chi connectivity index (χ3v) is 7.21. The second kappa shape index (κ2) is 15.3. The molecule has 0 saturated heterocycles. The summed E-state index contributed by atoms with van der Waals surface area (Å²) < 4.78 is 0. The Bertz CT molecular complexity index is 1500. The van der Waals surface area contributed by atoms with Crippen LogP contribution in [0.15, 0.2) is 85.7 Å². The summed E-state index contributed by atoms with van der Waals surface area (Å²) >= 11 is 0. The molecule has 0 aliphatic heterocycles. The van der Waals surface area contributed by atoms with Gasteiger partial charge in [-0.05, 0) is 17.5 Å². The number of nitrogens with zero attached hydrogens (tertiary/aromatic N) is 3. The standard InChI is InChI=1S/C31H36N8O5/c1-39(27(31(43)44)15-23-17-34-19-36-23)30(42)26(13-21-10-6-3-7-11-21)38-29(41)25(14-22-16-33-18-35-22)37-28(40)24(32)12-20-8-4-2-5-9-20/h2-11,16-19,24-27H,12-15,32H2,1H3,(H,33,35)(H,34,36)(H,37,40)(H,38,41)(H,43,44)/t24-,25-,26-,27-/m0/s1. The van der Waals surface area contributed by atoms with Crippen LogP contribution >= 0.6 is 0 Å². The molecular formula is C31H36N8O5. The Morgan fingerprint density at radius 1 is 0.773 bits per heavy atom. The summed E-state index contributed by atoms with van der Waals surface area (Å²) in [5.41, 5.74) is 8.92.